The Balaban J connectivity index is 1.62. The number of aromatic nitrogens is 5. The van der Waals surface area contributed by atoms with Gasteiger partial charge in [0.1, 0.15) is 5.82 Å². The van der Waals surface area contributed by atoms with Crippen LogP contribution in [0.2, 0.25) is 0 Å². The maximum Gasteiger partial charge on any atom is 0.279 e. The summed E-state index contributed by atoms with van der Waals surface area (Å²) >= 11 is 1.14. The van der Waals surface area contributed by atoms with Gasteiger partial charge in [-0.2, -0.15) is 9.61 Å². The van der Waals surface area contributed by atoms with Gasteiger partial charge in [-0.3, -0.25) is 14.6 Å². The van der Waals surface area contributed by atoms with Crippen molar-refractivity contribution in [1.82, 2.24) is 24.8 Å². The lowest BCUT2D eigenvalue weighted by atomic mass is 10.1. The minimum absolute atomic E-state index is 0.0765. The van der Waals surface area contributed by atoms with Crippen LogP contribution in [0.3, 0.4) is 0 Å². The van der Waals surface area contributed by atoms with Crippen molar-refractivity contribution in [3.63, 3.8) is 0 Å². The molecule has 2 aromatic carbocycles. The first-order valence-electron chi connectivity index (χ1n) is 8.35. The molecule has 140 valence electrons. The maximum atomic E-state index is 13.0. The van der Waals surface area contributed by atoms with Gasteiger partial charge in [-0.05, 0) is 31.2 Å². The Morgan fingerprint density at radius 2 is 1.82 bits per heavy atom. The zero-order chi connectivity index (χ0) is 19.7. The summed E-state index contributed by atoms with van der Waals surface area (Å²) in [5.74, 6) is -0.306. The molecule has 9 heteroatoms. The molecule has 0 atom stereocenters. The molecule has 28 heavy (non-hydrogen) atoms. The molecule has 0 saturated heterocycles. The van der Waals surface area contributed by atoms with E-state index < -0.39 is 5.82 Å². The number of aryl methyl sites for hydroxylation is 1. The third-order valence-electron chi connectivity index (χ3n) is 4.08. The molecule has 0 aliphatic heterocycles. The number of rotatable bonds is 5. The Kier molecular flexibility index (Phi) is 4.74. The number of nitrogens with zero attached hydrogens (tertiary/aromatic N) is 4. The number of aromatic amines is 1. The molecule has 2 heterocycles. The van der Waals surface area contributed by atoms with Crippen molar-refractivity contribution >= 4 is 23.3 Å². The van der Waals surface area contributed by atoms with Gasteiger partial charge >= 0.3 is 0 Å². The summed E-state index contributed by atoms with van der Waals surface area (Å²) < 4.78 is 14.4. The molecule has 4 rings (SSSR count). The van der Waals surface area contributed by atoms with Gasteiger partial charge in [-0.25, -0.2) is 4.39 Å². The average Bonchev–Trinajstić information content (AvgIpc) is 3.08. The highest BCUT2D eigenvalue weighted by molar-refractivity contribution is 7.99. The number of benzene rings is 2. The van der Waals surface area contributed by atoms with Crippen LogP contribution in [0.15, 0.2) is 58.5 Å². The summed E-state index contributed by atoms with van der Waals surface area (Å²) in [4.78, 5) is 27.2. The van der Waals surface area contributed by atoms with Crippen LogP contribution < -0.4 is 5.56 Å². The standard InChI is InChI=1S/C19H14FN5O2S/c1-11-2-4-13(5-3-11)16-17(27)21-18-22-23-19(25(18)24-16)28-10-15(26)12-6-8-14(20)9-7-12/h2-9H,10H2,1H3,(H,21,22,27). The largest absolute Gasteiger partial charge is 0.293 e. The molecule has 0 aliphatic rings. The number of thioether (sulfide) groups is 1. The smallest absolute Gasteiger partial charge is 0.279 e. The quantitative estimate of drug-likeness (QED) is 0.413. The second-order valence-electron chi connectivity index (χ2n) is 6.11. The Morgan fingerprint density at radius 3 is 2.54 bits per heavy atom. The predicted octanol–water partition coefficient (Wildman–Crippen LogP) is 2.90. The van der Waals surface area contributed by atoms with Crippen molar-refractivity contribution in [3.8, 4) is 11.3 Å². The van der Waals surface area contributed by atoms with E-state index in [9.17, 15) is 14.0 Å². The summed E-state index contributed by atoms with van der Waals surface area (Å²) in [6, 6.07) is 12.8. The lowest BCUT2D eigenvalue weighted by Gasteiger charge is -2.03. The molecule has 7 nitrogen and oxygen atoms in total. The van der Waals surface area contributed by atoms with E-state index in [2.05, 4.69) is 20.3 Å². The van der Waals surface area contributed by atoms with Crippen LogP contribution in [0.5, 0.6) is 0 Å². The lowest BCUT2D eigenvalue weighted by molar-refractivity contribution is 0.102. The van der Waals surface area contributed by atoms with E-state index >= 15 is 0 Å². The van der Waals surface area contributed by atoms with E-state index in [1.807, 2.05) is 31.2 Å². The summed E-state index contributed by atoms with van der Waals surface area (Å²) in [6.07, 6.45) is 0. The first kappa shape index (κ1) is 18.1. The molecule has 4 aromatic rings. The number of halogens is 1. The molecule has 0 radical (unpaired) electrons. The van der Waals surface area contributed by atoms with Crippen LogP contribution in [-0.2, 0) is 0 Å². The van der Waals surface area contributed by atoms with Crippen LogP contribution >= 0.6 is 11.8 Å². The molecular formula is C19H14FN5O2S. The average molecular weight is 395 g/mol. The Hall–Kier alpha value is -3.33. The van der Waals surface area contributed by atoms with Crippen molar-refractivity contribution in [1.29, 1.82) is 0 Å². The number of ketones is 1. The number of hydrogen-bond donors (Lipinski definition) is 1. The molecule has 1 N–H and O–H groups in total. The number of carbonyl (C=O) groups is 1. The minimum Gasteiger partial charge on any atom is -0.293 e. The van der Waals surface area contributed by atoms with Crippen LogP contribution in [-0.4, -0.2) is 36.3 Å². The molecule has 0 spiro atoms. The van der Waals surface area contributed by atoms with Crippen LogP contribution in [0.1, 0.15) is 15.9 Å². The van der Waals surface area contributed by atoms with E-state index in [-0.39, 0.29) is 28.6 Å². The number of hydrogen-bond acceptors (Lipinski definition) is 6. The molecule has 0 bridgehead atoms. The summed E-state index contributed by atoms with van der Waals surface area (Å²) in [6.45, 7) is 1.96. The zero-order valence-electron chi connectivity index (χ0n) is 14.7. The normalized spacial score (nSPS) is 11.1. The van der Waals surface area contributed by atoms with Crippen molar-refractivity contribution < 1.29 is 9.18 Å². The van der Waals surface area contributed by atoms with Gasteiger partial charge < -0.3 is 0 Å². The van der Waals surface area contributed by atoms with Gasteiger partial charge in [-0.15, -0.1) is 10.2 Å². The molecule has 0 fully saturated rings. The zero-order valence-corrected chi connectivity index (χ0v) is 15.5. The number of fused-ring (bicyclic) bond motifs is 1. The highest BCUT2D eigenvalue weighted by Crippen LogP contribution is 2.19. The monoisotopic (exact) mass is 395 g/mol. The second kappa shape index (κ2) is 7.35. The van der Waals surface area contributed by atoms with Crippen molar-refractivity contribution in [2.75, 3.05) is 5.75 Å². The fraction of sp³-hybridized carbons (Fsp3) is 0.105. The van der Waals surface area contributed by atoms with Crippen molar-refractivity contribution in [3.05, 3.63) is 75.8 Å². The van der Waals surface area contributed by atoms with E-state index in [0.29, 0.717) is 16.3 Å². The molecular weight excluding hydrogens is 381 g/mol. The fourth-order valence-electron chi connectivity index (χ4n) is 2.58. The van der Waals surface area contributed by atoms with Crippen molar-refractivity contribution in [2.24, 2.45) is 0 Å². The molecule has 0 unspecified atom stereocenters. The molecule has 2 aromatic heterocycles. The van der Waals surface area contributed by atoms with Gasteiger partial charge in [-0.1, -0.05) is 41.6 Å². The van der Waals surface area contributed by atoms with Gasteiger partial charge in [0.15, 0.2) is 11.5 Å². The third-order valence-corrected chi connectivity index (χ3v) is 5.00. The minimum atomic E-state index is -0.399. The van der Waals surface area contributed by atoms with E-state index in [4.69, 9.17) is 0 Å². The predicted molar refractivity (Wildman–Crippen MR) is 103 cm³/mol. The maximum absolute atomic E-state index is 13.0. The number of nitrogens with one attached hydrogen (secondary N) is 1. The summed E-state index contributed by atoms with van der Waals surface area (Å²) in [5, 5.41) is 12.6. The Morgan fingerprint density at radius 1 is 1.11 bits per heavy atom. The van der Waals surface area contributed by atoms with Gasteiger partial charge in [0.25, 0.3) is 11.3 Å². The van der Waals surface area contributed by atoms with Crippen LogP contribution in [0, 0.1) is 12.7 Å². The highest BCUT2D eigenvalue weighted by atomic mass is 32.2. The summed E-state index contributed by atoms with van der Waals surface area (Å²) in [7, 11) is 0. The van der Waals surface area contributed by atoms with Crippen LogP contribution in [0.4, 0.5) is 4.39 Å². The van der Waals surface area contributed by atoms with Gasteiger partial charge in [0, 0.05) is 11.1 Å². The lowest BCUT2D eigenvalue weighted by Crippen LogP contribution is -2.15. The third kappa shape index (κ3) is 3.56. The number of H-pyrrole nitrogens is 1. The highest BCUT2D eigenvalue weighted by Gasteiger charge is 2.15. The first-order chi connectivity index (χ1) is 13.5. The van der Waals surface area contributed by atoms with E-state index in [1.165, 1.54) is 28.8 Å². The first-order valence-corrected chi connectivity index (χ1v) is 9.34. The Labute approximate surface area is 162 Å². The molecule has 0 aliphatic carbocycles. The molecule has 0 amide bonds. The second-order valence-corrected chi connectivity index (χ2v) is 7.05. The topological polar surface area (TPSA) is 93.0 Å². The SMILES string of the molecule is Cc1ccc(-c2nn3c(SCC(=O)c4ccc(F)cc4)nnc3[nH]c2=O)cc1. The molecule has 0 saturated carbocycles. The van der Waals surface area contributed by atoms with Gasteiger partial charge in [0.2, 0.25) is 5.16 Å². The van der Waals surface area contributed by atoms with Gasteiger partial charge in [0.05, 0.1) is 5.75 Å². The summed E-state index contributed by atoms with van der Waals surface area (Å²) in [5.41, 5.74) is 2.01. The van der Waals surface area contributed by atoms with Crippen molar-refractivity contribution in [2.45, 2.75) is 12.1 Å². The fourth-order valence-corrected chi connectivity index (χ4v) is 3.35. The van der Waals surface area contributed by atoms with Crippen LogP contribution in [0.25, 0.3) is 17.0 Å². The number of carbonyl (C=O) groups excluding carboxylic acids is 1. The number of Topliss-reactive ketones (excluding diaryl/α,β-unsaturated/α-hetero) is 1. The van der Waals surface area contributed by atoms with E-state index in [0.717, 1.165) is 17.3 Å². The van der Waals surface area contributed by atoms with E-state index in [1.54, 1.807) is 0 Å². The Bertz CT molecular complexity index is 1220.